The van der Waals surface area contributed by atoms with Crippen LogP contribution in [0.25, 0.3) is 0 Å². The number of aromatic nitrogens is 3. The summed E-state index contributed by atoms with van der Waals surface area (Å²) in [6.45, 7) is 2.56. The van der Waals surface area contributed by atoms with Gasteiger partial charge < -0.3 is 15.0 Å². The van der Waals surface area contributed by atoms with Crippen LogP contribution >= 0.6 is 23.1 Å². The smallest absolute Gasteiger partial charge is 0.236 e. The van der Waals surface area contributed by atoms with E-state index in [-0.39, 0.29) is 18.3 Å². The number of amides is 1. The number of aryl methyl sites for hydroxylation is 1. The first-order chi connectivity index (χ1) is 12.2. The summed E-state index contributed by atoms with van der Waals surface area (Å²) in [4.78, 5) is 20.4. The van der Waals surface area contributed by atoms with Crippen molar-refractivity contribution in [2.45, 2.75) is 25.2 Å². The molecule has 8 heteroatoms. The van der Waals surface area contributed by atoms with E-state index in [1.165, 1.54) is 28.7 Å². The number of rotatable bonds is 7. The molecule has 0 aliphatic carbocycles. The van der Waals surface area contributed by atoms with Gasteiger partial charge in [0.05, 0.1) is 24.3 Å². The highest BCUT2D eigenvalue weighted by molar-refractivity contribution is 7.99. The predicted octanol–water partition coefficient (Wildman–Crippen LogP) is 2.92. The van der Waals surface area contributed by atoms with E-state index in [0.717, 1.165) is 11.3 Å². The number of thioether (sulfide) groups is 1. The SMILES string of the molecule is Cc1ccc(Cn2c(CO)cnc2SCC(=O)Nc2nccs2)cc1. The van der Waals surface area contributed by atoms with Crippen LogP contribution in [0.3, 0.4) is 0 Å². The molecule has 0 spiro atoms. The molecule has 3 rings (SSSR count). The Kier molecular flexibility index (Phi) is 5.85. The van der Waals surface area contributed by atoms with Crippen molar-refractivity contribution in [3.05, 3.63) is 58.9 Å². The minimum atomic E-state index is -0.129. The van der Waals surface area contributed by atoms with Gasteiger partial charge in [0.15, 0.2) is 10.3 Å². The number of imidazole rings is 1. The number of nitrogens with zero attached hydrogens (tertiary/aromatic N) is 3. The van der Waals surface area contributed by atoms with Crippen molar-refractivity contribution in [2.75, 3.05) is 11.1 Å². The molecule has 0 atom stereocenters. The van der Waals surface area contributed by atoms with Gasteiger partial charge in [0.1, 0.15) is 0 Å². The van der Waals surface area contributed by atoms with E-state index < -0.39 is 0 Å². The summed E-state index contributed by atoms with van der Waals surface area (Å²) in [7, 11) is 0. The van der Waals surface area contributed by atoms with Crippen LogP contribution in [0.1, 0.15) is 16.8 Å². The number of aliphatic hydroxyl groups excluding tert-OH is 1. The molecule has 0 radical (unpaired) electrons. The van der Waals surface area contributed by atoms with Crippen molar-refractivity contribution in [1.82, 2.24) is 14.5 Å². The van der Waals surface area contributed by atoms with Crippen LogP contribution in [-0.2, 0) is 17.9 Å². The number of benzene rings is 1. The molecule has 0 unspecified atom stereocenters. The van der Waals surface area contributed by atoms with E-state index in [9.17, 15) is 9.90 Å². The molecule has 0 saturated heterocycles. The average molecular weight is 374 g/mol. The van der Waals surface area contributed by atoms with Crippen LogP contribution in [0.4, 0.5) is 5.13 Å². The van der Waals surface area contributed by atoms with E-state index in [1.54, 1.807) is 12.4 Å². The Labute approximate surface area is 153 Å². The molecule has 0 fully saturated rings. The highest BCUT2D eigenvalue weighted by Crippen LogP contribution is 2.21. The summed E-state index contributed by atoms with van der Waals surface area (Å²) in [5, 5.41) is 15.4. The summed E-state index contributed by atoms with van der Waals surface area (Å²) in [5.41, 5.74) is 3.04. The molecular formula is C17H18N4O2S2. The van der Waals surface area contributed by atoms with Crippen molar-refractivity contribution >= 4 is 34.1 Å². The van der Waals surface area contributed by atoms with Gasteiger partial charge in [-0.15, -0.1) is 11.3 Å². The number of nitrogens with one attached hydrogen (secondary N) is 1. The Balaban J connectivity index is 1.67. The quantitative estimate of drug-likeness (QED) is 0.622. The number of hydrogen-bond acceptors (Lipinski definition) is 6. The minimum absolute atomic E-state index is 0.0925. The lowest BCUT2D eigenvalue weighted by Crippen LogP contribution is -2.14. The molecule has 3 aromatic rings. The van der Waals surface area contributed by atoms with Crippen molar-refractivity contribution in [3.63, 3.8) is 0 Å². The Morgan fingerprint density at radius 2 is 2.12 bits per heavy atom. The zero-order valence-corrected chi connectivity index (χ0v) is 15.3. The Morgan fingerprint density at radius 3 is 2.80 bits per heavy atom. The highest BCUT2D eigenvalue weighted by Gasteiger charge is 2.13. The van der Waals surface area contributed by atoms with Crippen molar-refractivity contribution in [1.29, 1.82) is 0 Å². The fraction of sp³-hybridized carbons (Fsp3) is 0.235. The maximum absolute atomic E-state index is 12.0. The van der Waals surface area contributed by atoms with Gasteiger partial charge in [-0.3, -0.25) is 4.79 Å². The molecule has 0 aliphatic rings. The number of aliphatic hydroxyl groups is 1. The van der Waals surface area contributed by atoms with Gasteiger partial charge in [0.25, 0.3) is 0 Å². The molecule has 0 bridgehead atoms. The molecule has 0 saturated carbocycles. The monoisotopic (exact) mass is 374 g/mol. The molecule has 6 nitrogen and oxygen atoms in total. The lowest BCUT2D eigenvalue weighted by molar-refractivity contribution is -0.113. The summed E-state index contributed by atoms with van der Waals surface area (Å²) >= 11 is 2.72. The fourth-order valence-corrected chi connectivity index (χ4v) is 3.59. The second kappa shape index (κ2) is 8.28. The van der Waals surface area contributed by atoms with E-state index in [4.69, 9.17) is 0 Å². The lowest BCUT2D eigenvalue weighted by Gasteiger charge is -2.11. The Morgan fingerprint density at radius 1 is 1.32 bits per heavy atom. The van der Waals surface area contributed by atoms with E-state index in [0.29, 0.717) is 16.8 Å². The molecule has 1 amide bonds. The number of hydrogen-bond donors (Lipinski definition) is 2. The van der Waals surface area contributed by atoms with Crippen LogP contribution in [0.5, 0.6) is 0 Å². The van der Waals surface area contributed by atoms with Gasteiger partial charge in [0.2, 0.25) is 5.91 Å². The minimum Gasteiger partial charge on any atom is -0.390 e. The van der Waals surface area contributed by atoms with Crippen molar-refractivity contribution in [3.8, 4) is 0 Å². The van der Waals surface area contributed by atoms with Gasteiger partial charge >= 0.3 is 0 Å². The number of carbonyl (C=O) groups excluding carboxylic acids is 1. The molecule has 2 heterocycles. The van der Waals surface area contributed by atoms with E-state index in [1.807, 2.05) is 16.9 Å². The van der Waals surface area contributed by atoms with Gasteiger partial charge in [0, 0.05) is 18.1 Å². The maximum atomic E-state index is 12.0. The normalized spacial score (nSPS) is 10.8. The summed E-state index contributed by atoms with van der Waals surface area (Å²) in [6.07, 6.45) is 3.30. The Hall–Kier alpha value is -2.16. The van der Waals surface area contributed by atoms with E-state index in [2.05, 4.69) is 39.6 Å². The molecule has 1 aromatic carbocycles. The second-order valence-corrected chi connectivity index (χ2v) is 7.27. The van der Waals surface area contributed by atoms with Gasteiger partial charge in [-0.05, 0) is 12.5 Å². The molecule has 2 aromatic heterocycles. The lowest BCUT2D eigenvalue weighted by atomic mass is 10.1. The first kappa shape index (κ1) is 17.7. The first-order valence-corrected chi connectivity index (χ1v) is 9.55. The van der Waals surface area contributed by atoms with Crippen molar-refractivity contribution in [2.24, 2.45) is 0 Å². The molecule has 130 valence electrons. The third kappa shape index (κ3) is 4.68. The van der Waals surface area contributed by atoms with Crippen LogP contribution in [-0.4, -0.2) is 31.3 Å². The van der Waals surface area contributed by atoms with Crippen LogP contribution in [0.15, 0.2) is 47.2 Å². The van der Waals surface area contributed by atoms with Gasteiger partial charge in [-0.25, -0.2) is 9.97 Å². The zero-order valence-electron chi connectivity index (χ0n) is 13.7. The fourth-order valence-electron chi connectivity index (χ4n) is 2.25. The Bertz CT molecular complexity index is 829. The summed E-state index contributed by atoms with van der Waals surface area (Å²) in [5.74, 6) is 0.102. The predicted molar refractivity (Wildman–Crippen MR) is 99.9 cm³/mol. The maximum Gasteiger partial charge on any atom is 0.236 e. The molecular weight excluding hydrogens is 356 g/mol. The second-order valence-electron chi connectivity index (χ2n) is 5.44. The largest absolute Gasteiger partial charge is 0.390 e. The third-order valence-electron chi connectivity index (χ3n) is 3.54. The first-order valence-electron chi connectivity index (χ1n) is 7.68. The topological polar surface area (TPSA) is 80.0 Å². The van der Waals surface area contributed by atoms with Gasteiger partial charge in [-0.2, -0.15) is 0 Å². The van der Waals surface area contributed by atoms with Gasteiger partial charge in [-0.1, -0.05) is 41.6 Å². The molecule has 2 N–H and O–H groups in total. The van der Waals surface area contributed by atoms with Crippen LogP contribution in [0, 0.1) is 6.92 Å². The highest BCUT2D eigenvalue weighted by atomic mass is 32.2. The number of carbonyl (C=O) groups is 1. The van der Waals surface area contributed by atoms with Crippen molar-refractivity contribution < 1.29 is 9.90 Å². The van der Waals surface area contributed by atoms with Crippen LogP contribution in [0.2, 0.25) is 0 Å². The molecule has 0 aliphatic heterocycles. The number of anilines is 1. The third-order valence-corrected chi connectivity index (χ3v) is 5.21. The summed E-state index contributed by atoms with van der Waals surface area (Å²) < 4.78 is 1.94. The number of thiazole rings is 1. The standard InChI is InChI=1S/C17H18N4O2S2/c1-12-2-4-13(5-3-12)9-21-14(10-22)8-19-17(21)25-11-15(23)20-16-18-6-7-24-16/h2-8,22H,9-11H2,1H3,(H,18,20,23). The summed E-state index contributed by atoms with van der Waals surface area (Å²) in [6, 6.07) is 8.22. The van der Waals surface area contributed by atoms with Crippen LogP contribution < -0.4 is 5.32 Å². The zero-order chi connectivity index (χ0) is 17.6. The molecule has 25 heavy (non-hydrogen) atoms. The average Bonchev–Trinajstić information content (AvgIpc) is 3.25. The van der Waals surface area contributed by atoms with E-state index >= 15 is 0 Å².